The second kappa shape index (κ2) is 12.6. The van der Waals surface area contributed by atoms with Gasteiger partial charge in [0.1, 0.15) is 12.1 Å². The van der Waals surface area contributed by atoms with E-state index in [9.17, 15) is 13.2 Å². The first-order valence-electron chi connectivity index (χ1n) is 13.3. The molecular weight excluding hydrogens is 549 g/mol. The quantitative estimate of drug-likeness (QED) is 0.166. The molecule has 212 valence electrons. The van der Waals surface area contributed by atoms with Crippen molar-refractivity contribution in [2.75, 3.05) is 17.2 Å². The number of benzene rings is 3. The summed E-state index contributed by atoms with van der Waals surface area (Å²) in [5, 5.41) is 14.4. The zero-order valence-corrected chi connectivity index (χ0v) is 23.4. The first-order chi connectivity index (χ1) is 19.8. The number of nitrogens with zero attached hydrogens (tertiary/aromatic N) is 6. The first-order valence-corrected chi connectivity index (χ1v) is 14.2. The Hall–Kier alpha value is -4.12. The summed E-state index contributed by atoms with van der Waals surface area (Å²) >= 11 is 1.73. The molecule has 1 fully saturated rings. The predicted molar refractivity (Wildman–Crippen MR) is 158 cm³/mol. The van der Waals surface area contributed by atoms with Gasteiger partial charge in [-0.25, -0.2) is 9.67 Å². The summed E-state index contributed by atoms with van der Waals surface area (Å²) in [6.45, 7) is 5.32. The molecule has 0 unspecified atom stereocenters. The number of anilines is 1. The molecule has 1 aliphatic rings. The van der Waals surface area contributed by atoms with Crippen LogP contribution in [0.5, 0.6) is 5.75 Å². The minimum absolute atomic E-state index is 0.297. The molecule has 0 atom stereocenters. The molecule has 0 saturated carbocycles. The molecule has 41 heavy (non-hydrogen) atoms. The third kappa shape index (κ3) is 7.35. The summed E-state index contributed by atoms with van der Waals surface area (Å²) in [6, 6.07) is 21.5. The molecular formula is C30H29F3N6OS. The van der Waals surface area contributed by atoms with Gasteiger partial charge >= 0.3 is 6.36 Å². The van der Waals surface area contributed by atoms with E-state index < -0.39 is 6.36 Å². The molecule has 1 aromatic heterocycles. The summed E-state index contributed by atoms with van der Waals surface area (Å²) in [5.74, 6) is 1.60. The fourth-order valence-corrected chi connectivity index (χ4v) is 5.40. The number of aromatic nitrogens is 3. The summed E-state index contributed by atoms with van der Waals surface area (Å²) in [6.07, 6.45) is 0.737. The fraction of sp³-hybridized carbons (Fsp3) is 0.267. The first kappa shape index (κ1) is 28.4. The van der Waals surface area contributed by atoms with Crippen LogP contribution in [0.3, 0.4) is 0 Å². The van der Waals surface area contributed by atoms with E-state index in [1.165, 1.54) is 46.5 Å². The van der Waals surface area contributed by atoms with Crippen molar-refractivity contribution < 1.29 is 17.9 Å². The minimum Gasteiger partial charge on any atom is -0.406 e. The Morgan fingerprint density at radius 3 is 2.46 bits per heavy atom. The van der Waals surface area contributed by atoms with Crippen LogP contribution < -0.4 is 9.64 Å². The van der Waals surface area contributed by atoms with Gasteiger partial charge in [0.15, 0.2) is 11.0 Å². The van der Waals surface area contributed by atoms with Crippen LogP contribution in [0, 0.1) is 0 Å². The molecule has 1 aliphatic heterocycles. The van der Waals surface area contributed by atoms with E-state index in [1.807, 2.05) is 24.3 Å². The maximum Gasteiger partial charge on any atom is 0.573 e. The average molecular weight is 579 g/mol. The van der Waals surface area contributed by atoms with Crippen molar-refractivity contribution >= 4 is 28.8 Å². The van der Waals surface area contributed by atoms with Gasteiger partial charge in [0.25, 0.3) is 0 Å². The summed E-state index contributed by atoms with van der Waals surface area (Å²) in [5.41, 5.74) is 4.71. The Bertz CT molecular complexity index is 1510. The lowest BCUT2D eigenvalue weighted by atomic mass is 10.0. The van der Waals surface area contributed by atoms with Gasteiger partial charge in [0, 0.05) is 23.5 Å². The second-order valence-corrected chi connectivity index (χ2v) is 10.8. The van der Waals surface area contributed by atoms with Crippen molar-refractivity contribution in [2.45, 2.75) is 39.0 Å². The standard InChI is InChI=1S/C30H29F3N6OS/c1-21(2)26-7-3-4-8-27(26)38-17-5-6-18-41-29(38)36-35-19-22-9-11-23(12-10-22)28-34-20-39(37-28)24-13-15-25(16-14-24)40-30(31,32)33/h3-4,7-16,19-21H,5-6,17-18H2,1-2H3. The normalized spacial score (nSPS) is 15.6. The van der Waals surface area contributed by atoms with E-state index in [4.69, 9.17) is 0 Å². The number of para-hydroxylation sites is 1. The Kier molecular flexibility index (Phi) is 8.72. The van der Waals surface area contributed by atoms with E-state index in [1.54, 1.807) is 18.0 Å². The SMILES string of the molecule is CC(C)c1ccccc1N1CCCCSC1=NN=Cc1ccc(-c2ncn(-c3ccc(OC(F)(F)F)cc3)n2)cc1. The van der Waals surface area contributed by atoms with Gasteiger partial charge in [0.05, 0.1) is 11.9 Å². The molecule has 2 heterocycles. The number of amidine groups is 1. The maximum atomic E-state index is 12.4. The molecule has 3 aromatic carbocycles. The topological polar surface area (TPSA) is 67.9 Å². The lowest BCUT2D eigenvalue weighted by Crippen LogP contribution is -2.29. The van der Waals surface area contributed by atoms with Gasteiger partial charge in [-0.15, -0.1) is 23.4 Å². The highest BCUT2D eigenvalue weighted by atomic mass is 32.2. The van der Waals surface area contributed by atoms with E-state index >= 15 is 0 Å². The number of halogens is 3. The predicted octanol–water partition coefficient (Wildman–Crippen LogP) is 7.68. The molecule has 1 saturated heterocycles. The fourth-order valence-electron chi connectivity index (χ4n) is 4.42. The molecule has 0 aliphatic carbocycles. The van der Waals surface area contributed by atoms with Crippen LogP contribution in [0.1, 0.15) is 43.7 Å². The van der Waals surface area contributed by atoms with Gasteiger partial charge in [0.2, 0.25) is 0 Å². The van der Waals surface area contributed by atoms with E-state index in [2.05, 4.69) is 68.0 Å². The summed E-state index contributed by atoms with van der Waals surface area (Å²) < 4.78 is 42.6. The summed E-state index contributed by atoms with van der Waals surface area (Å²) in [7, 11) is 0. The smallest absolute Gasteiger partial charge is 0.406 e. The third-order valence-electron chi connectivity index (χ3n) is 6.43. The van der Waals surface area contributed by atoms with Crippen molar-refractivity contribution in [2.24, 2.45) is 10.2 Å². The van der Waals surface area contributed by atoms with Gasteiger partial charge in [-0.3, -0.25) is 0 Å². The van der Waals surface area contributed by atoms with E-state index in [0.717, 1.165) is 41.4 Å². The van der Waals surface area contributed by atoms with Crippen LogP contribution in [-0.4, -0.2) is 44.8 Å². The number of hydrogen-bond acceptors (Lipinski definition) is 6. The van der Waals surface area contributed by atoms with Gasteiger partial charge in [-0.1, -0.05) is 68.1 Å². The van der Waals surface area contributed by atoms with Gasteiger partial charge in [-0.05, 0) is 60.2 Å². The van der Waals surface area contributed by atoms with Crippen LogP contribution in [0.2, 0.25) is 0 Å². The zero-order chi connectivity index (χ0) is 28.8. The monoisotopic (exact) mass is 578 g/mol. The van der Waals surface area contributed by atoms with Crippen LogP contribution in [-0.2, 0) is 0 Å². The molecule has 0 amide bonds. The summed E-state index contributed by atoms with van der Waals surface area (Å²) in [4.78, 5) is 6.62. The number of thioether (sulfide) groups is 1. The second-order valence-electron chi connectivity index (χ2n) is 9.72. The average Bonchev–Trinajstić information content (AvgIpc) is 3.33. The molecule has 5 rings (SSSR count). The molecule has 0 radical (unpaired) electrons. The van der Waals surface area contributed by atoms with Gasteiger partial charge in [-0.2, -0.15) is 5.10 Å². The largest absolute Gasteiger partial charge is 0.573 e. The lowest BCUT2D eigenvalue weighted by molar-refractivity contribution is -0.274. The highest BCUT2D eigenvalue weighted by molar-refractivity contribution is 8.14. The van der Waals surface area contributed by atoms with E-state index in [0.29, 0.717) is 17.4 Å². The molecule has 0 spiro atoms. The number of hydrogen-bond donors (Lipinski definition) is 0. The number of rotatable bonds is 7. The number of alkyl halides is 3. The maximum absolute atomic E-state index is 12.4. The van der Waals surface area contributed by atoms with Gasteiger partial charge < -0.3 is 9.64 Å². The lowest BCUT2D eigenvalue weighted by Gasteiger charge is -2.26. The van der Waals surface area contributed by atoms with Crippen molar-refractivity contribution in [3.63, 3.8) is 0 Å². The Morgan fingerprint density at radius 1 is 0.976 bits per heavy atom. The molecule has 0 N–H and O–H groups in total. The van der Waals surface area contributed by atoms with Crippen molar-refractivity contribution in [1.82, 2.24) is 14.8 Å². The molecule has 11 heteroatoms. The number of ether oxygens (including phenoxy) is 1. The van der Waals surface area contributed by atoms with Crippen LogP contribution >= 0.6 is 11.8 Å². The highest BCUT2D eigenvalue weighted by Gasteiger charge is 2.31. The van der Waals surface area contributed by atoms with Crippen LogP contribution in [0.25, 0.3) is 17.1 Å². The van der Waals surface area contributed by atoms with Crippen molar-refractivity contribution in [1.29, 1.82) is 0 Å². The van der Waals surface area contributed by atoms with Crippen molar-refractivity contribution in [3.05, 3.63) is 90.3 Å². The Morgan fingerprint density at radius 2 is 1.73 bits per heavy atom. The molecule has 4 aromatic rings. The Labute approximate surface area is 240 Å². The third-order valence-corrected chi connectivity index (χ3v) is 7.49. The van der Waals surface area contributed by atoms with E-state index in [-0.39, 0.29) is 5.75 Å². The van der Waals surface area contributed by atoms with Crippen LogP contribution in [0.4, 0.5) is 18.9 Å². The minimum atomic E-state index is -4.74. The molecule has 0 bridgehead atoms. The van der Waals surface area contributed by atoms with Crippen LogP contribution in [0.15, 0.2) is 89.3 Å². The molecule has 7 nitrogen and oxygen atoms in total. The van der Waals surface area contributed by atoms with Crippen molar-refractivity contribution in [3.8, 4) is 22.8 Å². The highest BCUT2D eigenvalue weighted by Crippen LogP contribution is 2.31. The zero-order valence-electron chi connectivity index (χ0n) is 22.6. The Balaban J connectivity index is 1.28.